The third kappa shape index (κ3) is 6.05. The van der Waals surface area contributed by atoms with Crippen molar-refractivity contribution in [3.63, 3.8) is 0 Å². The summed E-state index contributed by atoms with van der Waals surface area (Å²) in [6, 6.07) is 7.12. The highest BCUT2D eigenvalue weighted by atomic mass is 35.5. The Labute approximate surface area is 150 Å². The van der Waals surface area contributed by atoms with Crippen LogP contribution in [0, 0.1) is 0 Å². The quantitative estimate of drug-likeness (QED) is 0.698. The number of hydrogen-bond acceptors (Lipinski definition) is 4. The van der Waals surface area contributed by atoms with Gasteiger partial charge in [0, 0.05) is 18.5 Å². The van der Waals surface area contributed by atoms with Crippen LogP contribution in [-0.4, -0.2) is 33.5 Å². The highest BCUT2D eigenvalue weighted by Gasteiger charge is 2.19. The number of sulfonamides is 1. The number of hydrogen-bond donors (Lipinski definition) is 3. The van der Waals surface area contributed by atoms with Crippen LogP contribution in [0.25, 0.3) is 0 Å². The van der Waals surface area contributed by atoms with Gasteiger partial charge in [0.15, 0.2) is 0 Å². The summed E-state index contributed by atoms with van der Waals surface area (Å²) in [5.74, 6) is 0.0393. The zero-order chi connectivity index (χ0) is 16.9. The second kappa shape index (κ2) is 9.36. The van der Waals surface area contributed by atoms with E-state index in [2.05, 4.69) is 10.0 Å². The molecule has 4 N–H and O–H groups in total. The summed E-state index contributed by atoms with van der Waals surface area (Å²) in [5, 5.41) is 3.05. The van der Waals surface area contributed by atoms with Gasteiger partial charge >= 0.3 is 0 Å². The standard InChI is InChI=1S/C16H25N3O3S.ClH/c1-18-23(21,22)15-9-2-12(3-10-15)4-11-16(20)19-14-7-5-13(17)6-8-14;/h2-3,9-10,13-14,18H,4-8,11,17H2,1H3,(H,19,20);1H. The monoisotopic (exact) mass is 375 g/mol. The molecule has 1 aliphatic carbocycles. The number of halogens is 1. The van der Waals surface area contributed by atoms with Gasteiger partial charge in [0.05, 0.1) is 4.90 Å². The Hall–Kier alpha value is -1.15. The Bertz CT molecular complexity index is 626. The number of aryl methyl sites for hydroxylation is 1. The molecule has 0 unspecified atom stereocenters. The first-order valence-corrected chi connectivity index (χ1v) is 9.46. The van der Waals surface area contributed by atoms with Crippen molar-refractivity contribution in [1.29, 1.82) is 0 Å². The van der Waals surface area contributed by atoms with Crippen LogP contribution in [0.5, 0.6) is 0 Å². The molecule has 6 nitrogen and oxygen atoms in total. The zero-order valence-electron chi connectivity index (χ0n) is 13.8. The number of benzene rings is 1. The molecule has 1 fully saturated rings. The van der Waals surface area contributed by atoms with E-state index in [0.29, 0.717) is 12.8 Å². The Morgan fingerprint density at radius 3 is 2.29 bits per heavy atom. The first-order chi connectivity index (χ1) is 10.9. The molecule has 136 valence electrons. The third-order valence-electron chi connectivity index (χ3n) is 4.28. The van der Waals surface area contributed by atoms with Gasteiger partial charge < -0.3 is 11.1 Å². The third-order valence-corrected chi connectivity index (χ3v) is 5.71. The van der Waals surface area contributed by atoms with Crippen molar-refractivity contribution < 1.29 is 13.2 Å². The molecule has 1 aromatic rings. The van der Waals surface area contributed by atoms with Crippen LogP contribution in [-0.2, 0) is 21.2 Å². The fourth-order valence-corrected chi connectivity index (χ4v) is 3.50. The molecule has 1 aliphatic rings. The van der Waals surface area contributed by atoms with E-state index in [-0.39, 0.29) is 35.3 Å². The van der Waals surface area contributed by atoms with Gasteiger partial charge in [0.1, 0.15) is 0 Å². The molecule has 0 spiro atoms. The number of carbonyl (C=O) groups is 1. The van der Waals surface area contributed by atoms with E-state index in [4.69, 9.17) is 5.73 Å². The molecule has 0 saturated heterocycles. The largest absolute Gasteiger partial charge is 0.353 e. The first-order valence-electron chi connectivity index (χ1n) is 7.98. The SMILES string of the molecule is CNS(=O)(=O)c1ccc(CCC(=O)NC2CCC(N)CC2)cc1.Cl. The summed E-state index contributed by atoms with van der Waals surface area (Å²) >= 11 is 0. The fourth-order valence-electron chi connectivity index (χ4n) is 2.77. The lowest BCUT2D eigenvalue weighted by Gasteiger charge is -2.26. The van der Waals surface area contributed by atoms with Gasteiger partial charge in [-0.1, -0.05) is 12.1 Å². The second-order valence-corrected chi connectivity index (χ2v) is 7.92. The zero-order valence-corrected chi connectivity index (χ0v) is 15.5. The van der Waals surface area contributed by atoms with Gasteiger partial charge in [-0.25, -0.2) is 13.1 Å². The maximum atomic E-state index is 12.0. The predicted molar refractivity (Wildman–Crippen MR) is 96.6 cm³/mol. The molecule has 1 aromatic carbocycles. The number of carbonyl (C=O) groups excluding carboxylic acids is 1. The minimum atomic E-state index is -3.41. The van der Waals surface area contributed by atoms with E-state index < -0.39 is 10.0 Å². The molecule has 0 radical (unpaired) electrons. The lowest BCUT2D eigenvalue weighted by atomic mass is 9.92. The maximum Gasteiger partial charge on any atom is 0.240 e. The highest BCUT2D eigenvalue weighted by Crippen LogP contribution is 2.17. The number of nitrogens with two attached hydrogens (primary N) is 1. The Balaban J connectivity index is 0.00000288. The van der Waals surface area contributed by atoms with Gasteiger partial charge in [-0.05, 0) is 56.8 Å². The molecule has 0 atom stereocenters. The van der Waals surface area contributed by atoms with Crippen molar-refractivity contribution in [2.75, 3.05) is 7.05 Å². The van der Waals surface area contributed by atoms with Crippen LogP contribution in [0.1, 0.15) is 37.7 Å². The van der Waals surface area contributed by atoms with Crippen molar-refractivity contribution >= 4 is 28.3 Å². The normalized spacial score (nSPS) is 20.9. The molecule has 1 amide bonds. The summed E-state index contributed by atoms with van der Waals surface area (Å²) in [6.07, 6.45) is 4.82. The first kappa shape index (κ1) is 20.9. The van der Waals surface area contributed by atoms with Crippen molar-refractivity contribution in [2.24, 2.45) is 5.73 Å². The lowest BCUT2D eigenvalue weighted by molar-refractivity contribution is -0.122. The van der Waals surface area contributed by atoms with Crippen molar-refractivity contribution in [2.45, 2.75) is 55.5 Å². The van der Waals surface area contributed by atoms with Crippen LogP contribution in [0.3, 0.4) is 0 Å². The number of rotatable bonds is 6. The molecular weight excluding hydrogens is 350 g/mol. The van der Waals surface area contributed by atoms with E-state index in [9.17, 15) is 13.2 Å². The van der Waals surface area contributed by atoms with E-state index in [1.165, 1.54) is 7.05 Å². The lowest BCUT2D eigenvalue weighted by Crippen LogP contribution is -2.40. The summed E-state index contributed by atoms with van der Waals surface area (Å²) in [5.41, 5.74) is 6.80. The van der Waals surface area contributed by atoms with Crippen LogP contribution < -0.4 is 15.8 Å². The molecule has 0 aliphatic heterocycles. The maximum absolute atomic E-state index is 12.0. The highest BCUT2D eigenvalue weighted by molar-refractivity contribution is 7.89. The van der Waals surface area contributed by atoms with E-state index in [1.807, 2.05) is 0 Å². The van der Waals surface area contributed by atoms with Crippen molar-refractivity contribution in [3.8, 4) is 0 Å². The van der Waals surface area contributed by atoms with E-state index in [1.54, 1.807) is 24.3 Å². The summed E-state index contributed by atoms with van der Waals surface area (Å²) in [6.45, 7) is 0. The fraction of sp³-hybridized carbons (Fsp3) is 0.562. The van der Waals surface area contributed by atoms with Gasteiger partial charge in [-0.2, -0.15) is 0 Å². The number of amides is 1. The predicted octanol–water partition coefficient (Wildman–Crippen LogP) is 1.34. The van der Waals surface area contributed by atoms with Gasteiger partial charge in [-0.15, -0.1) is 12.4 Å². The molecule has 1 saturated carbocycles. The summed E-state index contributed by atoms with van der Waals surface area (Å²) < 4.78 is 25.6. The van der Waals surface area contributed by atoms with E-state index in [0.717, 1.165) is 31.2 Å². The Kier molecular flexibility index (Phi) is 8.15. The smallest absolute Gasteiger partial charge is 0.240 e. The topological polar surface area (TPSA) is 101 Å². The van der Waals surface area contributed by atoms with Crippen LogP contribution >= 0.6 is 12.4 Å². The van der Waals surface area contributed by atoms with E-state index >= 15 is 0 Å². The van der Waals surface area contributed by atoms with Crippen molar-refractivity contribution in [1.82, 2.24) is 10.0 Å². The Morgan fingerprint density at radius 2 is 1.75 bits per heavy atom. The average molecular weight is 376 g/mol. The van der Waals surface area contributed by atoms with Gasteiger partial charge in [0.25, 0.3) is 0 Å². The molecule has 0 bridgehead atoms. The molecular formula is C16H26ClN3O3S. The minimum absolute atomic E-state index is 0. The molecule has 24 heavy (non-hydrogen) atoms. The van der Waals surface area contributed by atoms with Crippen LogP contribution in [0.4, 0.5) is 0 Å². The molecule has 0 aromatic heterocycles. The summed E-state index contributed by atoms with van der Waals surface area (Å²) in [7, 11) is -2.03. The molecule has 2 rings (SSSR count). The molecule has 0 heterocycles. The average Bonchev–Trinajstić information content (AvgIpc) is 2.55. The minimum Gasteiger partial charge on any atom is -0.353 e. The van der Waals surface area contributed by atoms with Crippen LogP contribution in [0.2, 0.25) is 0 Å². The Morgan fingerprint density at radius 1 is 1.17 bits per heavy atom. The molecule has 8 heteroatoms. The second-order valence-electron chi connectivity index (χ2n) is 6.03. The van der Waals surface area contributed by atoms with Gasteiger partial charge in [0.2, 0.25) is 15.9 Å². The summed E-state index contributed by atoms with van der Waals surface area (Å²) in [4.78, 5) is 12.2. The van der Waals surface area contributed by atoms with Gasteiger partial charge in [-0.3, -0.25) is 4.79 Å². The van der Waals surface area contributed by atoms with Crippen molar-refractivity contribution in [3.05, 3.63) is 29.8 Å². The number of nitrogens with one attached hydrogen (secondary N) is 2. The van der Waals surface area contributed by atoms with Crippen LogP contribution in [0.15, 0.2) is 29.2 Å².